The van der Waals surface area contributed by atoms with E-state index in [1.54, 1.807) is 53.4 Å². The zero-order valence-electron chi connectivity index (χ0n) is 16.2. The van der Waals surface area contributed by atoms with Gasteiger partial charge < -0.3 is 10.6 Å². The number of amides is 2. The van der Waals surface area contributed by atoms with Gasteiger partial charge in [0.25, 0.3) is 11.8 Å². The van der Waals surface area contributed by atoms with Gasteiger partial charge in [-0.15, -0.1) is 11.3 Å². The van der Waals surface area contributed by atoms with E-state index in [4.69, 9.17) is 4.98 Å². The number of aromatic nitrogens is 3. The van der Waals surface area contributed by atoms with Gasteiger partial charge in [-0.1, -0.05) is 12.1 Å². The van der Waals surface area contributed by atoms with Crippen molar-refractivity contribution in [1.82, 2.24) is 20.1 Å². The molecule has 0 fully saturated rings. The molecule has 0 atom stereocenters. The van der Waals surface area contributed by atoms with Gasteiger partial charge in [0.2, 0.25) is 0 Å². The topological polar surface area (TPSA) is 88.9 Å². The van der Waals surface area contributed by atoms with Crippen molar-refractivity contribution in [3.63, 3.8) is 0 Å². The number of nitrogens with one attached hydrogen (secondary N) is 2. The first-order valence-electron chi connectivity index (χ1n) is 8.99. The SMILES string of the molecule is CNC(=O)c1cccc(NC(=O)c2cc(-c3cccs3)nc3c2c(C)nn3C)c1. The predicted molar refractivity (Wildman–Crippen MR) is 114 cm³/mol. The van der Waals surface area contributed by atoms with Crippen LogP contribution in [0.3, 0.4) is 0 Å². The molecule has 0 bridgehead atoms. The Morgan fingerprint density at radius 2 is 1.93 bits per heavy atom. The summed E-state index contributed by atoms with van der Waals surface area (Å²) in [4.78, 5) is 30.8. The van der Waals surface area contributed by atoms with Crippen molar-refractivity contribution in [3.8, 4) is 10.6 Å². The number of pyridine rings is 1. The van der Waals surface area contributed by atoms with E-state index >= 15 is 0 Å². The molecule has 2 N–H and O–H groups in total. The molecule has 0 unspecified atom stereocenters. The molecule has 1 aromatic carbocycles. The number of hydrogen-bond donors (Lipinski definition) is 2. The third kappa shape index (κ3) is 3.50. The fraction of sp³-hybridized carbons (Fsp3) is 0.143. The molecule has 0 aliphatic rings. The van der Waals surface area contributed by atoms with Gasteiger partial charge in [-0.05, 0) is 42.6 Å². The average molecular weight is 405 g/mol. The largest absolute Gasteiger partial charge is 0.355 e. The maximum atomic E-state index is 13.2. The number of benzene rings is 1. The van der Waals surface area contributed by atoms with Crippen LogP contribution in [0.25, 0.3) is 21.6 Å². The molecule has 7 nitrogen and oxygen atoms in total. The van der Waals surface area contributed by atoms with E-state index in [9.17, 15) is 9.59 Å². The Morgan fingerprint density at radius 1 is 1.10 bits per heavy atom. The molecule has 4 aromatic rings. The van der Waals surface area contributed by atoms with E-state index in [0.29, 0.717) is 27.8 Å². The standard InChI is InChI=1S/C21H19N5O2S/c1-12-18-15(21(28)23-14-7-4-6-13(10-14)20(27)22-2)11-16(17-8-5-9-29-17)24-19(18)26(3)25-12/h4-11H,1-3H3,(H,22,27)(H,23,28). The number of fused-ring (bicyclic) bond motifs is 1. The molecular formula is C21H19N5O2S. The molecule has 0 spiro atoms. The monoisotopic (exact) mass is 405 g/mol. The second kappa shape index (κ2) is 7.48. The van der Waals surface area contributed by atoms with Crippen LogP contribution >= 0.6 is 11.3 Å². The first-order valence-corrected chi connectivity index (χ1v) is 9.87. The minimum atomic E-state index is -0.277. The third-order valence-electron chi connectivity index (χ3n) is 4.60. The summed E-state index contributed by atoms with van der Waals surface area (Å²) < 4.78 is 1.69. The molecule has 0 saturated heterocycles. The number of aryl methyl sites for hydroxylation is 2. The van der Waals surface area contributed by atoms with Gasteiger partial charge in [-0.2, -0.15) is 5.10 Å². The number of rotatable bonds is 4. The fourth-order valence-corrected chi connectivity index (χ4v) is 3.94. The zero-order valence-corrected chi connectivity index (χ0v) is 17.0. The lowest BCUT2D eigenvalue weighted by atomic mass is 10.1. The van der Waals surface area contributed by atoms with Crippen molar-refractivity contribution in [3.05, 3.63) is 64.7 Å². The van der Waals surface area contributed by atoms with Crippen LogP contribution in [0.4, 0.5) is 5.69 Å². The molecule has 0 saturated carbocycles. The summed E-state index contributed by atoms with van der Waals surface area (Å²) in [5, 5.41) is 12.6. The van der Waals surface area contributed by atoms with Gasteiger partial charge in [-0.25, -0.2) is 4.98 Å². The average Bonchev–Trinajstić information content (AvgIpc) is 3.35. The molecule has 4 rings (SSSR count). The van der Waals surface area contributed by atoms with Gasteiger partial charge in [0.1, 0.15) is 0 Å². The maximum absolute atomic E-state index is 13.2. The van der Waals surface area contributed by atoms with Crippen molar-refractivity contribution in [1.29, 1.82) is 0 Å². The number of carbonyl (C=O) groups excluding carboxylic acids is 2. The second-order valence-corrected chi connectivity index (χ2v) is 7.50. The van der Waals surface area contributed by atoms with Crippen molar-refractivity contribution in [2.45, 2.75) is 6.92 Å². The number of carbonyl (C=O) groups is 2. The Labute approximate surface area is 171 Å². The van der Waals surface area contributed by atoms with Gasteiger partial charge in [0, 0.05) is 25.3 Å². The number of thiophene rings is 1. The molecule has 3 aromatic heterocycles. The second-order valence-electron chi connectivity index (χ2n) is 6.55. The van der Waals surface area contributed by atoms with E-state index in [2.05, 4.69) is 15.7 Å². The highest BCUT2D eigenvalue weighted by atomic mass is 32.1. The maximum Gasteiger partial charge on any atom is 0.256 e. The van der Waals surface area contributed by atoms with Crippen molar-refractivity contribution < 1.29 is 9.59 Å². The minimum Gasteiger partial charge on any atom is -0.355 e. The lowest BCUT2D eigenvalue weighted by Gasteiger charge is -2.10. The molecule has 0 radical (unpaired) electrons. The van der Waals surface area contributed by atoms with Crippen molar-refractivity contribution in [2.24, 2.45) is 7.05 Å². The molecule has 2 amide bonds. The third-order valence-corrected chi connectivity index (χ3v) is 5.49. The summed E-state index contributed by atoms with van der Waals surface area (Å²) in [7, 11) is 3.38. The van der Waals surface area contributed by atoms with Gasteiger partial charge >= 0.3 is 0 Å². The van der Waals surface area contributed by atoms with Crippen molar-refractivity contribution >= 4 is 39.9 Å². The van der Waals surface area contributed by atoms with Crippen LogP contribution in [0.2, 0.25) is 0 Å². The van der Waals surface area contributed by atoms with Crippen LogP contribution in [0, 0.1) is 6.92 Å². The molecule has 8 heteroatoms. The van der Waals surface area contributed by atoms with E-state index < -0.39 is 0 Å². The predicted octanol–water partition coefficient (Wildman–Crippen LogP) is 3.62. The smallest absolute Gasteiger partial charge is 0.256 e. The minimum absolute atomic E-state index is 0.213. The highest BCUT2D eigenvalue weighted by Gasteiger charge is 2.20. The Balaban J connectivity index is 1.78. The highest BCUT2D eigenvalue weighted by molar-refractivity contribution is 7.13. The molecule has 3 heterocycles. The van der Waals surface area contributed by atoms with Gasteiger partial charge in [0.15, 0.2) is 5.65 Å². The van der Waals surface area contributed by atoms with Gasteiger partial charge in [0.05, 0.1) is 27.2 Å². The quantitative estimate of drug-likeness (QED) is 0.543. The summed E-state index contributed by atoms with van der Waals surface area (Å²) in [6.45, 7) is 1.86. The van der Waals surface area contributed by atoms with Crippen LogP contribution in [0.1, 0.15) is 26.4 Å². The molecule has 0 aliphatic heterocycles. The van der Waals surface area contributed by atoms with Crippen LogP contribution in [0.15, 0.2) is 47.8 Å². The lowest BCUT2D eigenvalue weighted by Crippen LogP contribution is -2.18. The zero-order chi connectivity index (χ0) is 20.5. The molecule has 29 heavy (non-hydrogen) atoms. The van der Waals surface area contributed by atoms with Crippen LogP contribution < -0.4 is 10.6 Å². The normalized spacial score (nSPS) is 10.9. The summed E-state index contributed by atoms with van der Waals surface area (Å²) in [5.41, 5.74) is 3.62. The number of nitrogens with zero attached hydrogens (tertiary/aromatic N) is 3. The molecule has 146 valence electrons. The Morgan fingerprint density at radius 3 is 2.66 bits per heavy atom. The lowest BCUT2D eigenvalue weighted by molar-refractivity contribution is 0.0961. The summed E-state index contributed by atoms with van der Waals surface area (Å²) in [5.74, 6) is -0.490. The number of hydrogen-bond acceptors (Lipinski definition) is 5. The summed E-state index contributed by atoms with van der Waals surface area (Å²) in [6.07, 6.45) is 0. The first kappa shape index (κ1) is 18.8. The van der Waals surface area contributed by atoms with Gasteiger partial charge in [-0.3, -0.25) is 14.3 Å². The Bertz CT molecular complexity index is 1230. The Kier molecular flexibility index (Phi) is 4.85. The fourth-order valence-electron chi connectivity index (χ4n) is 3.26. The van der Waals surface area contributed by atoms with Crippen LogP contribution in [0.5, 0.6) is 0 Å². The first-order chi connectivity index (χ1) is 14.0. The molecular weight excluding hydrogens is 386 g/mol. The molecule has 0 aliphatic carbocycles. The number of anilines is 1. The van der Waals surface area contributed by atoms with Crippen LogP contribution in [-0.2, 0) is 7.05 Å². The van der Waals surface area contributed by atoms with Crippen molar-refractivity contribution in [2.75, 3.05) is 12.4 Å². The van der Waals surface area contributed by atoms with E-state index in [1.165, 1.54) is 0 Å². The van der Waals surface area contributed by atoms with E-state index in [1.807, 2.05) is 31.5 Å². The summed E-state index contributed by atoms with van der Waals surface area (Å²) >= 11 is 1.56. The van der Waals surface area contributed by atoms with E-state index in [0.717, 1.165) is 16.3 Å². The summed E-state index contributed by atoms with van der Waals surface area (Å²) in [6, 6.07) is 12.5. The van der Waals surface area contributed by atoms with E-state index in [-0.39, 0.29) is 11.8 Å². The Hall–Kier alpha value is -3.52. The highest BCUT2D eigenvalue weighted by Crippen LogP contribution is 2.29. The van der Waals surface area contributed by atoms with Crippen LogP contribution in [-0.4, -0.2) is 33.6 Å².